The largest absolute Gasteiger partial charge is 0.481 e. The molecule has 98 valence electrons. The fourth-order valence-electron chi connectivity index (χ4n) is 0.814. The first-order valence-electron chi connectivity index (χ1n) is 4.30. The highest BCUT2D eigenvalue weighted by Gasteiger charge is 2.40. The van der Waals surface area contributed by atoms with Gasteiger partial charge in [-0.05, 0) is 6.26 Å². The number of esters is 1. The van der Waals surface area contributed by atoms with E-state index in [1.165, 1.54) is 0 Å². The van der Waals surface area contributed by atoms with E-state index in [0.717, 1.165) is 11.8 Å². The van der Waals surface area contributed by atoms with E-state index in [2.05, 4.69) is 4.74 Å². The van der Waals surface area contributed by atoms with Gasteiger partial charge in [0, 0.05) is 5.75 Å². The average Bonchev–Trinajstić information content (AvgIpc) is 2.14. The molecule has 0 fully saturated rings. The van der Waals surface area contributed by atoms with Crippen LogP contribution in [0.5, 0.6) is 0 Å². The summed E-state index contributed by atoms with van der Waals surface area (Å²) in [6.07, 6.45) is -1.30. The molecule has 0 radical (unpaired) electrons. The smallest absolute Gasteiger partial charge is 0.367 e. The summed E-state index contributed by atoms with van der Waals surface area (Å²) in [6, 6.07) is 0. The van der Waals surface area contributed by atoms with Crippen molar-refractivity contribution in [3.05, 3.63) is 0 Å². The van der Waals surface area contributed by atoms with Crippen molar-refractivity contribution in [2.75, 3.05) is 12.0 Å². The van der Waals surface area contributed by atoms with E-state index >= 15 is 0 Å². The number of rotatable bonds is 7. The van der Waals surface area contributed by atoms with Gasteiger partial charge in [-0.25, -0.2) is 9.59 Å². The van der Waals surface area contributed by atoms with Crippen LogP contribution >= 0.6 is 11.8 Å². The van der Waals surface area contributed by atoms with Crippen molar-refractivity contribution < 1.29 is 39.5 Å². The lowest BCUT2D eigenvalue weighted by Gasteiger charge is -2.20. The SMILES string of the molecule is CSCC(OC(=O)C(O)(O)CC(=O)O)C(=O)O. The zero-order chi connectivity index (χ0) is 13.6. The first-order chi connectivity index (χ1) is 7.70. The standard InChI is InChI=1S/C8H12O8S/c1-17-3-4(6(11)12)16-7(13)8(14,15)2-5(9)10/h4,14-15H,2-3H2,1H3,(H,9,10)(H,11,12). The Labute approximate surface area is 100 Å². The molecule has 0 rings (SSSR count). The first-order valence-corrected chi connectivity index (χ1v) is 5.69. The van der Waals surface area contributed by atoms with Crippen LogP contribution in [-0.4, -0.2) is 62.2 Å². The van der Waals surface area contributed by atoms with Crippen LogP contribution in [0.4, 0.5) is 0 Å². The molecular formula is C8H12O8S. The van der Waals surface area contributed by atoms with Gasteiger partial charge in [-0.15, -0.1) is 0 Å². The molecule has 4 N–H and O–H groups in total. The van der Waals surface area contributed by atoms with Crippen LogP contribution in [0.3, 0.4) is 0 Å². The van der Waals surface area contributed by atoms with Crippen molar-refractivity contribution in [1.29, 1.82) is 0 Å². The van der Waals surface area contributed by atoms with Crippen molar-refractivity contribution in [2.24, 2.45) is 0 Å². The molecule has 9 heteroatoms. The molecule has 0 bridgehead atoms. The van der Waals surface area contributed by atoms with Gasteiger partial charge in [-0.1, -0.05) is 0 Å². The Bertz CT molecular complexity index is 313. The van der Waals surface area contributed by atoms with Crippen LogP contribution in [0.1, 0.15) is 6.42 Å². The molecule has 1 atom stereocenters. The van der Waals surface area contributed by atoms with Gasteiger partial charge in [-0.2, -0.15) is 11.8 Å². The Morgan fingerprint density at radius 2 is 1.82 bits per heavy atom. The van der Waals surface area contributed by atoms with E-state index in [0.29, 0.717) is 0 Å². The molecular weight excluding hydrogens is 256 g/mol. The number of carbonyl (C=O) groups excluding carboxylic acids is 1. The van der Waals surface area contributed by atoms with Gasteiger partial charge in [-0.3, -0.25) is 4.79 Å². The number of hydrogen-bond acceptors (Lipinski definition) is 7. The quantitative estimate of drug-likeness (QED) is 0.320. The molecule has 0 amide bonds. The van der Waals surface area contributed by atoms with Crippen LogP contribution in [0.2, 0.25) is 0 Å². The zero-order valence-corrected chi connectivity index (χ0v) is 9.64. The predicted octanol–water partition coefficient (Wildman–Crippen LogP) is -1.50. The van der Waals surface area contributed by atoms with Crippen molar-refractivity contribution in [2.45, 2.75) is 18.3 Å². The molecule has 1 unspecified atom stereocenters. The highest BCUT2D eigenvalue weighted by molar-refractivity contribution is 7.98. The minimum atomic E-state index is -3.24. The molecule has 0 spiro atoms. The molecule has 0 saturated heterocycles. The third kappa shape index (κ3) is 5.52. The van der Waals surface area contributed by atoms with Crippen molar-refractivity contribution in [3.8, 4) is 0 Å². The number of carbonyl (C=O) groups is 3. The second kappa shape index (κ2) is 6.42. The van der Waals surface area contributed by atoms with Gasteiger partial charge >= 0.3 is 17.9 Å². The summed E-state index contributed by atoms with van der Waals surface area (Å²) in [5.74, 6) is -8.13. The molecule has 0 aromatic carbocycles. The Morgan fingerprint density at radius 1 is 1.29 bits per heavy atom. The normalized spacial score (nSPS) is 12.9. The van der Waals surface area contributed by atoms with Gasteiger partial charge in [0.25, 0.3) is 5.79 Å². The molecule has 0 aliphatic carbocycles. The minimum absolute atomic E-state index is 0.0930. The number of carboxylic acids is 2. The number of hydrogen-bond donors (Lipinski definition) is 4. The van der Waals surface area contributed by atoms with Crippen molar-refractivity contribution in [3.63, 3.8) is 0 Å². The van der Waals surface area contributed by atoms with E-state index in [1.807, 2.05) is 0 Å². The van der Waals surface area contributed by atoms with Gasteiger partial charge < -0.3 is 25.2 Å². The molecule has 0 aromatic rings. The summed E-state index contributed by atoms with van der Waals surface area (Å²) in [6.45, 7) is 0. The van der Waals surface area contributed by atoms with Crippen LogP contribution < -0.4 is 0 Å². The third-order valence-corrected chi connectivity index (χ3v) is 2.20. The van der Waals surface area contributed by atoms with E-state index in [-0.39, 0.29) is 5.75 Å². The third-order valence-electron chi connectivity index (χ3n) is 1.57. The lowest BCUT2D eigenvalue weighted by Crippen LogP contribution is -2.45. The van der Waals surface area contributed by atoms with Gasteiger partial charge in [0.15, 0.2) is 0 Å². The van der Waals surface area contributed by atoms with Crippen molar-refractivity contribution in [1.82, 2.24) is 0 Å². The molecule has 0 aliphatic rings. The molecule has 8 nitrogen and oxygen atoms in total. The topological polar surface area (TPSA) is 141 Å². The summed E-state index contributed by atoms with van der Waals surface area (Å²) < 4.78 is 4.30. The fraction of sp³-hybridized carbons (Fsp3) is 0.625. The maximum atomic E-state index is 11.1. The zero-order valence-electron chi connectivity index (χ0n) is 8.82. The van der Waals surface area contributed by atoms with Gasteiger partial charge in [0.2, 0.25) is 6.10 Å². The minimum Gasteiger partial charge on any atom is -0.481 e. The molecule has 0 aliphatic heterocycles. The first kappa shape index (κ1) is 15.7. The molecule has 0 saturated carbocycles. The van der Waals surface area contributed by atoms with Crippen LogP contribution in [0.15, 0.2) is 0 Å². The molecule has 0 aromatic heterocycles. The lowest BCUT2D eigenvalue weighted by atomic mass is 10.2. The number of aliphatic hydroxyl groups is 2. The molecule has 0 heterocycles. The average molecular weight is 268 g/mol. The fourth-order valence-corrected chi connectivity index (χ4v) is 1.33. The number of thioether (sulfide) groups is 1. The predicted molar refractivity (Wildman–Crippen MR) is 55.3 cm³/mol. The van der Waals surface area contributed by atoms with Gasteiger partial charge in [0.1, 0.15) is 6.42 Å². The van der Waals surface area contributed by atoms with E-state index in [1.54, 1.807) is 6.26 Å². The number of ether oxygens (including phenoxy) is 1. The number of carboxylic acid groups (broad SMARTS) is 2. The van der Waals surface area contributed by atoms with E-state index < -0.39 is 36.2 Å². The van der Waals surface area contributed by atoms with E-state index in [9.17, 15) is 14.4 Å². The summed E-state index contributed by atoms with van der Waals surface area (Å²) >= 11 is 1.07. The second-order valence-corrected chi connectivity index (χ2v) is 3.99. The Hall–Kier alpha value is -1.32. The van der Waals surface area contributed by atoms with Crippen LogP contribution in [-0.2, 0) is 19.1 Å². The number of aliphatic carboxylic acids is 2. The van der Waals surface area contributed by atoms with Crippen LogP contribution in [0.25, 0.3) is 0 Å². The maximum Gasteiger partial charge on any atom is 0.367 e. The Morgan fingerprint density at radius 3 is 2.18 bits per heavy atom. The summed E-state index contributed by atoms with van der Waals surface area (Å²) in [4.78, 5) is 32.0. The highest BCUT2D eigenvalue weighted by atomic mass is 32.2. The highest BCUT2D eigenvalue weighted by Crippen LogP contribution is 2.12. The molecule has 17 heavy (non-hydrogen) atoms. The van der Waals surface area contributed by atoms with Gasteiger partial charge in [0.05, 0.1) is 0 Å². The second-order valence-electron chi connectivity index (χ2n) is 3.07. The maximum absolute atomic E-state index is 11.1. The van der Waals surface area contributed by atoms with E-state index in [4.69, 9.17) is 20.4 Å². The summed E-state index contributed by atoms with van der Waals surface area (Å²) in [7, 11) is 0. The van der Waals surface area contributed by atoms with Crippen molar-refractivity contribution >= 4 is 29.7 Å². The Kier molecular flexibility index (Phi) is 5.93. The van der Waals surface area contributed by atoms with Crippen LogP contribution in [0, 0.1) is 0 Å². The summed E-state index contributed by atoms with van der Waals surface area (Å²) in [5.41, 5.74) is 0. The Balaban J connectivity index is 4.59. The summed E-state index contributed by atoms with van der Waals surface area (Å²) in [5, 5.41) is 35.0. The monoisotopic (exact) mass is 268 g/mol. The lowest BCUT2D eigenvalue weighted by molar-refractivity contribution is -0.218.